The van der Waals surface area contributed by atoms with Crippen molar-refractivity contribution in [2.75, 3.05) is 24.4 Å². The summed E-state index contributed by atoms with van der Waals surface area (Å²) in [6, 6.07) is 24.4. The molecule has 0 amide bonds. The van der Waals surface area contributed by atoms with Crippen molar-refractivity contribution in [3.63, 3.8) is 0 Å². The van der Waals surface area contributed by atoms with Crippen LogP contribution in [0.4, 0.5) is 17.5 Å². The molecule has 0 bridgehead atoms. The van der Waals surface area contributed by atoms with Crippen LogP contribution in [0.1, 0.15) is 23.6 Å². The largest absolute Gasteiger partial charge is 0.497 e. The number of hydrogen-bond donors (Lipinski definition) is 2. The van der Waals surface area contributed by atoms with E-state index < -0.39 is 0 Å². The molecule has 0 aliphatic carbocycles. The highest BCUT2D eigenvalue weighted by molar-refractivity contribution is 5.96. The molecule has 2 N–H and O–H groups in total. The van der Waals surface area contributed by atoms with E-state index in [1.165, 1.54) is 5.56 Å². The molecular weight excluding hydrogens is 538 g/mol. The van der Waals surface area contributed by atoms with Gasteiger partial charge in [-0.2, -0.15) is 5.10 Å². The Kier molecular flexibility index (Phi) is 8.13. The number of methoxy groups -OCH3 is 2. The Bertz CT molecular complexity index is 1760. The number of fused-ring (bicyclic) bond motifs is 1. The number of aromatic amines is 1. The molecular formula is C34H33N7O2. The number of aromatic nitrogens is 5. The molecule has 4 heterocycles. The van der Waals surface area contributed by atoms with Crippen molar-refractivity contribution in [3.8, 4) is 22.8 Å². The van der Waals surface area contributed by atoms with E-state index in [9.17, 15) is 0 Å². The Hall–Kier alpha value is -5.44. The number of rotatable bonds is 11. The summed E-state index contributed by atoms with van der Waals surface area (Å²) in [4.78, 5) is 16.8. The Morgan fingerprint density at radius 2 is 1.51 bits per heavy atom. The summed E-state index contributed by atoms with van der Waals surface area (Å²) >= 11 is 0. The predicted octanol–water partition coefficient (Wildman–Crippen LogP) is 6.94. The summed E-state index contributed by atoms with van der Waals surface area (Å²) < 4.78 is 10.8. The van der Waals surface area contributed by atoms with Crippen molar-refractivity contribution < 1.29 is 9.47 Å². The molecule has 0 saturated carbocycles. The molecule has 0 fully saturated rings. The zero-order valence-electron chi connectivity index (χ0n) is 24.4. The highest BCUT2D eigenvalue weighted by atomic mass is 16.5. The molecule has 6 rings (SSSR count). The van der Waals surface area contributed by atoms with Gasteiger partial charge < -0.3 is 19.7 Å². The summed E-state index contributed by atoms with van der Waals surface area (Å²) in [6.45, 7) is 3.41. The standard InChI is InChI=1S/C34H33N7O2/c1-4-25-13-15-35-19-29(25)31-17-26-18-33(39-32-14-16-37-40-32)36-20-30(26)34(38-31)41(21-23-5-9-27(42-2)10-6-23)22-24-7-11-28(43-3)12-8-24/h5-20H,4,21-22H2,1-3H3,(H2,36,37,39,40). The van der Waals surface area contributed by atoms with E-state index in [2.05, 4.69) is 68.7 Å². The van der Waals surface area contributed by atoms with E-state index in [0.29, 0.717) is 18.9 Å². The van der Waals surface area contributed by atoms with Crippen LogP contribution >= 0.6 is 0 Å². The Morgan fingerprint density at radius 1 is 0.814 bits per heavy atom. The zero-order chi connectivity index (χ0) is 29.6. The normalized spacial score (nSPS) is 11.0. The third-order valence-electron chi connectivity index (χ3n) is 7.39. The Labute approximate surface area is 250 Å². The van der Waals surface area contributed by atoms with Gasteiger partial charge >= 0.3 is 0 Å². The minimum Gasteiger partial charge on any atom is -0.497 e. The maximum Gasteiger partial charge on any atom is 0.139 e. The van der Waals surface area contributed by atoms with Gasteiger partial charge in [0.1, 0.15) is 29.0 Å². The number of hydrogen-bond acceptors (Lipinski definition) is 8. The lowest BCUT2D eigenvalue weighted by atomic mass is 10.0. The van der Waals surface area contributed by atoms with E-state index in [1.54, 1.807) is 20.4 Å². The van der Waals surface area contributed by atoms with Crippen molar-refractivity contribution in [3.05, 3.63) is 114 Å². The Balaban J connectivity index is 1.50. The van der Waals surface area contributed by atoms with Gasteiger partial charge in [-0.15, -0.1) is 0 Å². The molecule has 2 aromatic carbocycles. The number of benzene rings is 2. The monoisotopic (exact) mass is 571 g/mol. The van der Waals surface area contributed by atoms with Crippen LogP contribution in [0.25, 0.3) is 22.0 Å². The van der Waals surface area contributed by atoms with Crippen LogP contribution in [0.5, 0.6) is 11.5 Å². The van der Waals surface area contributed by atoms with Gasteiger partial charge in [0, 0.05) is 48.7 Å². The molecule has 0 saturated heterocycles. The van der Waals surface area contributed by atoms with E-state index >= 15 is 0 Å². The fourth-order valence-corrected chi connectivity index (χ4v) is 5.11. The van der Waals surface area contributed by atoms with Crippen molar-refractivity contribution >= 4 is 28.2 Å². The van der Waals surface area contributed by atoms with Crippen LogP contribution < -0.4 is 19.7 Å². The van der Waals surface area contributed by atoms with Gasteiger partial charge in [-0.3, -0.25) is 10.1 Å². The first-order valence-electron chi connectivity index (χ1n) is 14.1. The van der Waals surface area contributed by atoms with E-state index in [1.807, 2.05) is 55.0 Å². The van der Waals surface area contributed by atoms with Crippen molar-refractivity contribution in [2.45, 2.75) is 26.4 Å². The predicted molar refractivity (Wildman–Crippen MR) is 170 cm³/mol. The molecule has 6 aromatic rings. The highest BCUT2D eigenvalue weighted by Gasteiger charge is 2.18. The first-order valence-corrected chi connectivity index (χ1v) is 14.1. The molecule has 0 atom stereocenters. The molecule has 0 spiro atoms. The third-order valence-corrected chi connectivity index (χ3v) is 7.39. The maximum atomic E-state index is 5.40. The summed E-state index contributed by atoms with van der Waals surface area (Å²) in [5, 5.41) is 12.2. The Morgan fingerprint density at radius 3 is 2.12 bits per heavy atom. The number of nitrogens with zero attached hydrogens (tertiary/aromatic N) is 5. The van der Waals surface area contributed by atoms with Gasteiger partial charge in [0.25, 0.3) is 0 Å². The lowest BCUT2D eigenvalue weighted by Gasteiger charge is -2.26. The van der Waals surface area contributed by atoms with Crippen molar-refractivity contribution in [1.82, 2.24) is 25.1 Å². The third kappa shape index (κ3) is 6.25. The van der Waals surface area contributed by atoms with Crippen molar-refractivity contribution in [1.29, 1.82) is 0 Å². The maximum absolute atomic E-state index is 5.40. The van der Waals surface area contributed by atoms with Crippen LogP contribution in [0.15, 0.2) is 97.6 Å². The molecule has 0 aliphatic rings. The average Bonchev–Trinajstić information content (AvgIpc) is 3.57. The number of H-pyrrole nitrogens is 1. The SMILES string of the molecule is CCc1ccncc1-c1cc2cc(Nc3ccn[nH]3)ncc2c(N(Cc2ccc(OC)cc2)Cc2ccc(OC)cc2)n1. The number of nitrogens with one attached hydrogen (secondary N) is 2. The minimum atomic E-state index is 0.628. The summed E-state index contributed by atoms with van der Waals surface area (Å²) in [5.41, 5.74) is 5.34. The van der Waals surface area contributed by atoms with Gasteiger partial charge in [0.05, 0.1) is 26.1 Å². The van der Waals surface area contributed by atoms with E-state index in [4.69, 9.17) is 19.4 Å². The number of aryl methyl sites for hydroxylation is 1. The molecule has 0 aliphatic heterocycles. The van der Waals surface area contributed by atoms with Gasteiger partial charge in [-0.25, -0.2) is 9.97 Å². The lowest BCUT2D eigenvalue weighted by molar-refractivity contribution is 0.414. The molecule has 43 heavy (non-hydrogen) atoms. The second-order valence-corrected chi connectivity index (χ2v) is 10.2. The summed E-state index contributed by atoms with van der Waals surface area (Å²) in [7, 11) is 3.36. The van der Waals surface area contributed by atoms with Gasteiger partial charge in [-0.1, -0.05) is 31.2 Å². The molecule has 0 radical (unpaired) electrons. The summed E-state index contributed by atoms with van der Waals surface area (Å²) in [6.07, 6.45) is 8.20. The molecule has 9 nitrogen and oxygen atoms in total. The second kappa shape index (κ2) is 12.6. The number of pyridine rings is 3. The first-order chi connectivity index (χ1) is 21.1. The van der Waals surface area contributed by atoms with E-state index in [-0.39, 0.29) is 0 Å². The summed E-state index contributed by atoms with van der Waals surface area (Å²) in [5.74, 6) is 3.95. The molecule has 216 valence electrons. The van der Waals surface area contributed by atoms with Gasteiger partial charge in [-0.05, 0) is 71.0 Å². The fraction of sp³-hybridized carbons (Fsp3) is 0.176. The van der Waals surface area contributed by atoms with Gasteiger partial charge in [0.15, 0.2) is 0 Å². The van der Waals surface area contributed by atoms with Gasteiger partial charge in [0.2, 0.25) is 0 Å². The van der Waals surface area contributed by atoms with Crippen LogP contribution in [-0.2, 0) is 19.5 Å². The number of anilines is 3. The quantitative estimate of drug-likeness (QED) is 0.172. The average molecular weight is 572 g/mol. The molecule has 4 aromatic heterocycles. The van der Waals surface area contributed by atoms with Crippen LogP contribution in [0, 0.1) is 0 Å². The van der Waals surface area contributed by atoms with Crippen molar-refractivity contribution in [2.24, 2.45) is 0 Å². The molecule has 9 heteroatoms. The lowest BCUT2D eigenvalue weighted by Crippen LogP contribution is -2.24. The zero-order valence-corrected chi connectivity index (χ0v) is 24.4. The topological polar surface area (TPSA) is 101 Å². The van der Waals surface area contributed by atoms with E-state index in [0.717, 1.165) is 62.7 Å². The first kappa shape index (κ1) is 27.7. The number of ether oxygens (including phenoxy) is 2. The van der Waals surface area contributed by atoms with Crippen LogP contribution in [0.2, 0.25) is 0 Å². The molecule has 0 unspecified atom stereocenters. The highest BCUT2D eigenvalue weighted by Crippen LogP contribution is 2.34. The van der Waals surface area contributed by atoms with Crippen LogP contribution in [0.3, 0.4) is 0 Å². The minimum absolute atomic E-state index is 0.628. The van der Waals surface area contributed by atoms with Crippen LogP contribution in [-0.4, -0.2) is 39.4 Å². The second-order valence-electron chi connectivity index (χ2n) is 10.2. The smallest absolute Gasteiger partial charge is 0.139 e. The fourth-order valence-electron chi connectivity index (χ4n) is 5.11.